The van der Waals surface area contributed by atoms with Gasteiger partial charge in [0.25, 0.3) is 0 Å². The molecule has 2 aromatic rings. The first-order valence-electron chi connectivity index (χ1n) is 10.4. The van der Waals surface area contributed by atoms with Gasteiger partial charge in [-0.05, 0) is 36.0 Å². The highest BCUT2D eigenvalue weighted by molar-refractivity contribution is 5.85. The summed E-state index contributed by atoms with van der Waals surface area (Å²) in [6.07, 6.45) is 4.48. The van der Waals surface area contributed by atoms with Crippen molar-refractivity contribution in [1.82, 2.24) is 4.90 Å². The first-order chi connectivity index (χ1) is 13.7. The number of aliphatic carboxylic acids is 1. The number of nitrogens with zero attached hydrogens (tertiary/aromatic N) is 1. The Labute approximate surface area is 180 Å². The lowest BCUT2D eigenvalue weighted by molar-refractivity contribution is -0.137. The van der Waals surface area contributed by atoms with Gasteiger partial charge in [0.1, 0.15) is 6.10 Å². The number of carboxylic acids is 1. The van der Waals surface area contributed by atoms with E-state index in [1.54, 1.807) is 0 Å². The summed E-state index contributed by atoms with van der Waals surface area (Å²) in [4.78, 5) is 13.0. The monoisotopic (exact) mass is 417 g/mol. The number of rotatable bonds is 9. The van der Waals surface area contributed by atoms with E-state index in [4.69, 9.17) is 9.84 Å². The number of hydrogen-bond acceptors (Lipinski definition) is 3. The molecule has 3 rings (SSSR count). The van der Waals surface area contributed by atoms with Crippen LogP contribution in [0.4, 0.5) is 0 Å². The zero-order valence-corrected chi connectivity index (χ0v) is 17.9. The zero-order chi connectivity index (χ0) is 19.8. The predicted molar refractivity (Wildman–Crippen MR) is 119 cm³/mol. The first-order valence-corrected chi connectivity index (χ1v) is 10.4. The molecule has 1 aliphatic rings. The van der Waals surface area contributed by atoms with Crippen LogP contribution >= 0.6 is 12.4 Å². The van der Waals surface area contributed by atoms with E-state index < -0.39 is 5.97 Å². The summed E-state index contributed by atoms with van der Waals surface area (Å²) in [5, 5.41) is 8.87. The highest BCUT2D eigenvalue weighted by Crippen LogP contribution is 2.30. The fraction of sp³-hybridized carbons (Fsp3) is 0.458. The molecule has 1 N–H and O–H groups in total. The Morgan fingerprint density at radius 2 is 1.69 bits per heavy atom. The molecule has 2 aromatic carbocycles. The summed E-state index contributed by atoms with van der Waals surface area (Å²) in [6, 6.07) is 19.2. The molecule has 0 saturated carbocycles. The minimum atomic E-state index is -0.728. The van der Waals surface area contributed by atoms with Crippen molar-refractivity contribution in [2.45, 2.75) is 51.2 Å². The second-order valence-corrected chi connectivity index (χ2v) is 7.60. The molecule has 158 valence electrons. The number of benzene rings is 2. The zero-order valence-electron chi connectivity index (χ0n) is 17.1. The third-order valence-electron chi connectivity index (χ3n) is 5.43. The van der Waals surface area contributed by atoms with E-state index >= 15 is 0 Å². The van der Waals surface area contributed by atoms with E-state index in [9.17, 15) is 4.79 Å². The minimum Gasteiger partial charge on any atom is -0.481 e. The van der Waals surface area contributed by atoms with Gasteiger partial charge in [-0.15, -0.1) is 12.4 Å². The molecule has 1 heterocycles. The maximum absolute atomic E-state index is 10.8. The SMILES string of the molecule is CCCc1ccc(C(OC2CCN(CCC(=O)O)CC2)c2ccccc2)cc1.Cl. The van der Waals surface area contributed by atoms with E-state index in [0.29, 0.717) is 6.54 Å². The van der Waals surface area contributed by atoms with Crippen LogP contribution < -0.4 is 0 Å². The van der Waals surface area contributed by atoms with Crippen LogP contribution in [0, 0.1) is 0 Å². The van der Waals surface area contributed by atoms with Crippen LogP contribution in [0.15, 0.2) is 54.6 Å². The number of piperidine rings is 1. The van der Waals surface area contributed by atoms with Crippen LogP contribution in [-0.4, -0.2) is 41.7 Å². The molecule has 0 spiro atoms. The molecule has 0 aliphatic carbocycles. The third-order valence-corrected chi connectivity index (χ3v) is 5.43. The van der Waals surface area contributed by atoms with Crippen LogP contribution in [-0.2, 0) is 16.0 Å². The van der Waals surface area contributed by atoms with Gasteiger partial charge in [0.15, 0.2) is 0 Å². The van der Waals surface area contributed by atoms with Crippen molar-refractivity contribution < 1.29 is 14.6 Å². The Bertz CT molecular complexity index is 728. The molecule has 1 aliphatic heterocycles. The number of carbonyl (C=O) groups is 1. The number of aryl methyl sites for hydroxylation is 1. The fourth-order valence-corrected chi connectivity index (χ4v) is 3.84. The second-order valence-electron chi connectivity index (χ2n) is 7.60. The molecule has 4 nitrogen and oxygen atoms in total. The quantitative estimate of drug-likeness (QED) is 0.616. The number of likely N-dealkylation sites (tertiary alicyclic amines) is 1. The summed E-state index contributed by atoms with van der Waals surface area (Å²) >= 11 is 0. The van der Waals surface area contributed by atoms with Crippen LogP contribution in [0.3, 0.4) is 0 Å². The first kappa shape index (κ1) is 23.4. The summed E-state index contributed by atoms with van der Waals surface area (Å²) in [5.41, 5.74) is 3.74. The fourth-order valence-electron chi connectivity index (χ4n) is 3.84. The lowest BCUT2D eigenvalue weighted by atomic mass is 9.98. The van der Waals surface area contributed by atoms with Gasteiger partial charge in [0, 0.05) is 19.6 Å². The molecule has 0 amide bonds. The Morgan fingerprint density at radius 3 is 2.28 bits per heavy atom. The third kappa shape index (κ3) is 7.14. The summed E-state index contributed by atoms with van der Waals surface area (Å²) in [6.45, 7) is 4.62. The Hall–Kier alpha value is -1.88. The molecule has 1 unspecified atom stereocenters. The van der Waals surface area contributed by atoms with Gasteiger partial charge < -0.3 is 14.7 Å². The molecule has 1 fully saturated rings. The molecule has 1 saturated heterocycles. The molecule has 29 heavy (non-hydrogen) atoms. The van der Waals surface area contributed by atoms with Gasteiger partial charge in [0.05, 0.1) is 12.5 Å². The number of ether oxygens (including phenoxy) is 1. The number of carboxylic acid groups (broad SMARTS) is 1. The van der Waals surface area contributed by atoms with Gasteiger partial charge in [-0.2, -0.15) is 0 Å². The van der Waals surface area contributed by atoms with Crippen LogP contribution in [0.1, 0.15) is 55.4 Å². The standard InChI is InChI=1S/C24H31NO3.ClH/c1-2-6-19-9-11-21(12-10-19)24(20-7-4-3-5-8-20)28-22-13-16-25(17-14-22)18-15-23(26)27;/h3-5,7-12,22,24H,2,6,13-18H2,1H3,(H,26,27);1H. The summed E-state index contributed by atoms with van der Waals surface area (Å²) < 4.78 is 6.59. The molecule has 0 bridgehead atoms. The van der Waals surface area contributed by atoms with Crippen molar-refractivity contribution in [2.24, 2.45) is 0 Å². The highest BCUT2D eigenvalue weighted by atomic mass is 35.5. The second kappa shape index (κ2) is 12.0. The van der Waals surface area contributed by atoms with Crippen molar-refractivity contribution in [3.8, 4) is 0 Å². The molecule has 5 heteroatoms. The van der Waals surface area contributed by atoms with Crippen molar-refractivity contribution >= 4 is 18.4 Å². The predicted octanol–water partition coefficient (Wildman–Crippen LogP) is 5.11. The van der Waals surface area contributed by atoms with Gasteiger partial charge >= 0.3 is 5.97 Å². The van der Waals surface area contributed by atoms with Crippen LogP contribution in [0.5, 0.6) is 0 Å². The molecular formula is C24H32ClNO3. The Morgan fingerprint density at radius 1 is 1.07 bits per heavy atom. The normalized spacial score (nSPS) is 16.2. The van der Waals surface area contributed by atoms with E-state index in [1.807, 2.05) is 6.07 Å². The van der Waals surface area contributed by atoms with E-state index in [-0.39, 0.29) is 31.0 Å². The summed E-state index contributed by atoms with van der Waals surface area (Å²) in [7, 11) is 0. The summed E-state index contributed by atoms with van der Waals surface area (Å²) in [5.74, 6) is -0.728. The molecular weight excluding hydrogens is 386 g/mol. The lowest BCUT2D eigenvalue weighted by Gasteiger charge is -2.34. The van der Waals surface area contributed by atoms with E-state index in [2.05, 4.69) is 60.4 Å². The average molecular weight is 418 g/mol. The van der Waals surface area contributed by atoms with Gasteiger partial charge in [-0.3, -0.25) is 4.79 Å². The largest absolute Gasteiger partial charge is 0.481 e. The van der Waals surface area contributed by atoms with Gasteiger partial charge in [-0.1, -0.05) is 67.9 Å². The Kier molecular flexibility index (Phi) is 9.65. The van der Waals surface area contributed by atoms with Crippen molar-refractivity contribution in [1.29, 1.82) is 0 Å². The van der Waals surface area contributed by atoms with Crippen molar-refractivity contribution in [2.75, 3.05) is 19.6 Å². The topological polar surface area (TPSA) is 49.8 Å². The Balaban J connectivity index is 0.00000300. The van der Waals surface area contributed by atoms with E-state index in [0.717, 1.165) is 38.8 Å². The maximum atomic E-state index is 10.8. The van der Waals surface area contributed by atoms with Crippen molar-refractivity contribution in [3.63, 3.8) is 0 Å². The molecule has 1 atom stereocenters. The number of hydrogen-bond donors (Lipinski definition) is 1. The van der Waals surface area contributed by atoms with Crippen LogP contribution in [0.25, 0.3) is 0 Å². The lowest BCUT2D eigenvalue weighted by Crippen LogP contribution is -2.38. The molecule has 0 radical (unpaired) electrons. The number of halogens is 1. The molecule has 0 aromatic heterocycles. The highest BCUT2D eigenvalue weighted by Gasteiger charge is 2.25. The van der Waals surface area contributed by atoms with E-state index in [1.165, 1.54) is 16.7 Å². The van der Waals surface area contributed by atoms with Crippen LogP contribution in [0.2, 0.25) is 0 Å². The minimum absolute atomic E-state index is 0. The smallest absolute Gasteiger partial charge is 0.304 e. The van der Waals surface area contributed by atoms with Crippen molar-refractivity contribution in [3.05, 3.63) is 71.3 Å². The van der Waals surface area contributed by atoms with Gasteiger partial charge in [-0.25, -0.2) is 0 Å². The maximum Gasteiger partial charge on any atom is 0.304 e. The van der Waals surface area contributed by atoms with Gasteiger partial charge in [0.2, 0.25) is 0 Å². The average Bonchev–Trinajstić information content (AvgIpc) is 2.73.